The van der Waals surface area contributed by atoms with Crippen molar-refractivity contribution in [1.29, 1.82) is 0 Å². The van der Waals surface area contributed by atoms with Gasteiger partial charge in [-0.15, -0.1) is 0 Å². The number of fused-ring (bicyclic) bond motifs is 1. The minimum Gasteiger partial charge on any atom is -0.269 e. The van der Waals surface area contributed by atoms with Crippen molar-refractivity contribution in [2.75, 3.05) is 5.75 Å². The second-order valence-electron chi connectivity index (χ2n) is 3.33. The van der Waals surface area contributed by atoms with E-state index < -0.39 is 4.92 Å². The highest BCUT2D eigenvalue weighted by Crippen LogP contribution is 2.21. The summed E-state index contributed by atoms with van der Waals surface area (Å²) in [5, 5.41) is 18.1. The summed E-state index contributed by atoms with van der Waals surface area (Å²) in [6.45, 7) is 0. The van der Waals surface area contributed by atoms with Crippen molar-refractivity contribution in [3.63, 3.8) is 0 Å². The number of benzene rings is 1. The lowest BCUT2D eigenvalue weighted by Crippen LogP contribution is -1.86. The zero-order chi connectivity index (χ0) is 12.3. The van der Waals surface area contributed by atoms with Crippen LogP contribution >= 0.6 is 12.6 Å². The monoisotopic (exact) mass is 247 g/mol. The van der Waals surface area contributed by atoms with Crippen LogP contribution in [-0.4, -0.2) is 20.9 Å². The summed E-state index contributed by atoms with van der Waals surface area (Å²) in [6, 6.07) is 4.51. The number of aromatic amines is 1. The molecule has 1 N–H and O–H groups in total. The molecule has 2 rings (SSSR count). The Morgan fingerprint density at radius 3 is 3.06 bits per heavy atom. The van der Waals surface area contributed by atoms with E-state index >= 15 is 0 Å². The molecule has 1 aromatic carbocycles. The summed E-state index contributed by atoms with van der Waals surface area (Å²) >= 11 is 4.05. The van der Waals surface area contributed by atoms with E-state index in [1.165, 1.54) is 12.1 Å². The Morgan fingerprint density at radius 1 is 1.53 bits per heavy atom. The molecule has 0 amide bonds. The van der Waals surface area contributed by atoms with Gasteiger partial charge in [0, 0.05) is 29.7 Å². The third kappa shape index (κ3) is 2.40. The molecule has 5 nitrogen and oxygen atoms in total. The van der Waals surface area contributed by atoms with Gasteiger partial charge < -0.3 is 0 Å². The third-order valence-corrected chi connectivity index (χ3v) is 2.42. The van der Waals surface area contributed by atoms with E-state index in [-0.39, 0.29) is 5.69 Å². The van der Waals surface area contributed by atoms with Crippen molar-refractivity contribution in [2.45, 2.75) is 6.42 Å². The summed E-state index contributed by atoms with van der Waals surface area (Å²) in [5.74, 6) is 6.49. The zero-order valence-electron chi connectivity index (χ0n) is 8.80. The average molecular weight is 247 g/mol. The first kappa shape index (κ1) is 11.5. The van der Waals surface area contributed by atoms with Crippen LogP contribution in [0, 0.1) is 22.0 Å². The molecule has 0 aliphatic carbocycles. The number of H-pyrrole nitrogens is 1. The summed E-state index contributed by atoms with van der Waals surface area (Å²) in [4.78, 5) is 10.2. The lowest BCUT2D eigenvalue weighted by Gasteiger charge is -1.91. The van der Waals surface area contributed by atoms with Crippen LogP contribution < -0.4 is 0 Å². The number of aromatic nitrogens is 2. The van der Waals surface area contributed by atoms with Gasteiger partial charge in [0.15, 0.2) is 0 Å². The van der Waals surface area contributed by atoms with Crippen molar-refractivity contribution in [2.24, 2.45) is 0 Å². The number of hydrogen-bond donors (Lipinski definition) is 2. The molecule has 0 aliphatic heterocycles. The second kappa shape index (κ2) is 4.89. The maximum absolute atomic E-state index is 10.7. The number of thiol groups is 1. The van der Waals surface area contributed by atoms with Gasteiger partial charge in [0.2, 0.25) is 0 Å². The Balaban J connectivity index is 2.48. The number of rotatable bonds is 2. The molecule has 17 heavy (non-hydrogen) atoms. The van der Waals surface area contributed by atoms with Crippen LogP contribution in [0.15, 0.2) is 18.2 Å². The number of nitro groups is 1. The average Bonchev–Trinajstić information content (AvgIpc) is 2.72. The summed E-state index contributed by atoms with van der Waals surface area (Å²) < 4.78 is 0. The minimum atomic E-state index is -0.433. The number of nitrogens with one attached hydrogen (secondary N) is 1. The van der Waals surface area contributed by atoms with Crippen LogP contribution in [0.2, 0.25) is 0 Å². The molecule has 86 valence electrons. The quantitative estimate of drug-likeness (QED) is 0.369. The summed E-state index contributed by atoms with van der Waals surface area (Å²) in [7, 11) is 0. The van der Waals surface area contributed by atoms with Gasteiger partial charge in [-0.3, -0.25) is 15.2 Å². The van der Waals surface area contributed by atoms with Crippen LogP contribution in [0.1, 0.15) is 12.1 Å². The zero-order valence-corrected chi connectivity index (χ0v) is 9.70. The fraction of sp³-hybridized carbons (Fsp3) is 0.182. The van der Waals surface area contributed by atoms with Gasteiger partial charge in [-0.1, -0.05) is 5.92 Å². The molecule has 6 heteroatoms. The van der Waals surface area contributed by atoms with Crippen molar-refractivity contribution in [1.82, 2.24) is 10.2 Å². The van der Waals surface area contributed by atoms with E-state index in [1.54, 1.807) is 6.07 Å². The first-order valence-corrected chi connectivity index (χ1v) is 5.58. The highest BCUT2D eigenvalue weighted by Gasteiger charge is 2.10. The fourth-order valence-electron chi connectivity index (χ4n) is 1.41. The van der Waals surface area contributed by atoms with Gasteiger partial charge >= 0.3 is 0 Å². The molecule has 0 bridgehead atoms. The Hall–Kier alpha value is -2.00. The number of non-ortho nitro benzene ring substituents is 1. The van der Waals surface area contributed by atoms with Crippen LogP contribution in [0.4, 0.5) is 5.69 Å². The molecule has 2 aromatic rings. The lowest BCUT2D eigenvalue weighted by atomic mass is 10.2. The van der Waals surface area contributed by atoms with Crippen LogP contribution in [-0.2, 0) is 0 Å². The lowest BCUT2D eigenvalue weighted by molar-refractivity contribution is -0.384. The van der Waals surface area contributed by atoms with Gasteiger partial charge in [-0.05, 0) is 12.0 Å². The molecule has 0 spiro atoms. The van der Waals surface area contributed by atoms with E-state index in [4.69, 9.17) is 0 Å². The Labute approximate surface area is 103 Å². The van der Waals surface area contributed by atoms with Crippen LogP contribution in [0.5, 0.6) is 0 Å². The SMILES string of the molecule is O=[N+]([O-])c1ccc2n[nH]c(C#CCCS)c2c1. The number of nitrogens with zero attached hydrogens (tertiary/aromatic N) is 2. The Morgan fingerprint density at radius 2 is 2.35 bits per heavy atom. The molecule has 0 radical (unpaired) electrons. The first-order valence-electron chi connectivity index (χ1n) is 4.94. The molecule has 1 aromatic heterocycles. The molecule has 0 aliphatic rings. The number of hydrogen-bond acceptors (Lipinski definition) is 4. The molecule has 1 heterocycles. The Kier molecular flexibility index (Phi) is 3.30. The van der Waals surface area contributed by atoms with Crippen molar-refractivity contribution < 1.29 is 4.92 Å². The van der Waals surface area contributed by atoms with Crippen molar-refractivity contribution >= 4 is 29.2 Å². The standard InChI is InChI=1S/C11H9N3O2S/c15-14(16)8-4-5-11-9(7-8)10(12-13-11)3-1-2-6-17/h4-5,7,17H,2,6H2,(H,12,13). The maximum atomic E-state index is 10.7. The molecule has 0 fully saturated rings. The second-order valence-corrected chi connectivity index (χ2v) is 3.78. The van der Waals surface area contributed by atoms with Crippen molar-refractivity contribution in [3.8, 4) is 11.8 Å². The largest absolute Gasteiger partial charge is 0.270 e. The van der Waals surface area contributed by atoms with E-state index in [2.05, 4.69) is 34.7 Å². The van der Waals surface area contributed by atoms with Crippen LogP contribution in [0.25, 0.3) is 10.9 Å². The molecule has 0 unspecified atom stereocenters. The van der Waals surface area contributed by atoms with Crippen molar-refractivity contribution in [3.05, 3.63) is 34.0 Å². The van der Waals surface area contributed by atoms with Gasteiger partial charge in [0.1, 0.15) is 5.69 Å². The molecule has 0 atom stereocenters. The van der Waals surface area contributed by atoms with Crippen LogP contribution in [0.3, 0.4) is 0 Å². The number of nitro benzene ring substituents is 1. The predicted molar refractivity (Wildman–Crippen MR) is 68.1 cm³/mol. The van der Waals surface area contributed by atoms with Gasteiger partial charge in [0.05, 0.1) is 10.4 Å². The molecular formula is C11H9N3O2S. The van der Waals surface area contributed by atoms with E-state index in [0.29, 0.717) is 28.8 Å². The molecular weight excluding hydrogens is 238 g/mol. The van der Waals surface area contributed by atoms with Gasteiger partial charge in [0.25, 0.3) is 5.69 Å². The highest BCUT2D eigenvalue weighted by molar-refractivity contribution is 7.80. The topological polar surface area (TPSA) is 71.8 Å². The predicted octanol–water partition coefficient (Wildman–Crippen LogP) is 2.14. The van der Waals surface area contributed by atoms with E-state index in [1.807, 2.05) is 0 Å². The summed E-state index contributed by atoms with van der Waals surface area (Å²) in [5.41, 5.74) is 1.31. The first-order chi connectivity index (χ1) is 8.22. The Bertz CT molecular complexity index is 624. The van der Waals surface area contributed by atoms with Gasteiger partial charge in [-0.25, -0.2) is 0 Å². The normalized spacial score (nSPS) is 9.94. The smallest absolute Gasteiger partial charge is 0.269 e. The van der Waals surface area contributed by atoms with E-state index in [0.717, 1.165) is 0 Å². The fourth-order valence-corrected chi connectivity index (χ4v) is 1.53. The molecule has 0 saturated heterocycles. The maximum Gasteiger partial charge on any atom is 0.270 e. The summed E-state index contributed by atoms with van der Waals surface area (Å²) in [6.07, 6.45) is 0.665. The van der Waals surface area contributed by atoms with Gasteiger partial charge in [-0.2, -0.15) is 17.7 Å². The van der Waals surface area contributed by atoms with E-state index in [9.17, 15) is 10.1 Å². The third-order valence-electron chi connectivity index (χ3n) is 2.20. The molecule has 0 saturated carbocycles. The minimum absolute atomic E-state index is 0.0381. The highest BCUT2D eigenvalue weighted by atomic mass is 32.1.